The molecule has 11 aromatic rings. The van der Waals surface area contributed by atoms with Gasteiger partial charge in [-0.2, -0.15) is 0 Å². The zero-order valence-electron chi connectivity index (χ0n) is 32.1. The number of rotatable bonds is 5. The highest BCUT2D eigenvalue weighted by Crippen LogP contribution is 2.40. The second-order valence-corrected chi connectivity index (χ2v) is 15.0. The lowest BCUT2D eigenvalue weighted by atomic mass is 9.59. The molecule has 266 valence electrons. The van der Waals surface area contributed by atoms with E-state index in [1.165, 1.54) is 32.3 Å². The molecule has 0 N–H and O–H groups in total. The van der Waals surface area contributed by atoms with Crippen molar-refractivity contribution in [2.75, 3.05) is 0 Å². The largest absolute Gasteiger partial charge is 0.455 e. The molecule has 9 heteroatoms. The van der Waals surface area contributed by atoms with E-state index in [0.29, 0.717) is 28.6 Å². The van der Waals surface area contributed by atoms with Gasteiger partial charge in [0.05, 0.1) is 5.56 Å². The van der Waals surface area contributed by atoms with Crippen LogP contribution in [0.25, 0.3) is 111 Å². The average Bonchev–Trinajstić information content (AvgIpc) is 3.69. The minimum absolute atomic E-state index is 0.170. The van der Waals surface area contributed by atoms with Crippen LogP contribution in [0.1, 0.15) is 0 Å². The summed E-state index contributed by atoms with van der Waals surface area (Å²) < 4.78 is 6.77. The smallest absolute Gasteiger partial charge is 0.167 e. The van der Waals surface area contributed by atoms with E-state index in [0.717, 1.165) is 49.7 Å². The minimum atomic E-state index is 0.170. The Kier molecular flexibility index (Phi) is 8.42. The van der Waals surface area contributed by atoms with Crippen LogP contribution in [0.5, 0.6) is 0 Å². The molecule has 2 aromatic heterocycles. The van der Waals surface area contributed by atoms with Gasteiger partial charge >= 0.3 is 0 Å². The van der Waals surface area contributed by atoms with Crippen molar-refractivity contribution in [1.29, 1.82) is 0 Å². The van der Waals surface area contributed by atoms with Gasteiger partial charge in [0.1, 0.15) is 50.4 Å². The van der Waals surface area contributed by atoms with E-state index in [1.807, 2.05) is 66.7 Å². The van der Waals surface area contributed by atoms with Gasteiger partial charge in [0.15, 0.2) is 17.5 Å². The van der Waals surface area contributed by atoms with Crippen LogP contribution in [-0.4, -0.2) is 54.2 Å². The summed E-state index contributed by atoms with van der Waals surface area (Å²) in [4.78, 5) is 15.0. The Bertz CT molecular complexity index is 3490. The highest BCUT2D eigenvalue weighted by Gasteiger charge is 2.19. The summed E-state index contributed by atoms with van der Waals surface area (Å²) in [5.41, 5.74) is 8.34. The first-order valence-electron chi connectivity index (χ1n) is 19.6. The van der Waals surface area contributed by atoms with E-state index in [1.54, 1.807) is 0 Å². The fourth-order valence-electron chi connectivity index (χ4n) is 8.53. The number of aromatic nitrogens is 3. The third kappa shape index (κ3) is 5.72. The fraction of sp³-hybridized carbons (Fsp3) is 0. The number of benzene rings is 9. The Morgan fingerprint density at radius 2 is 0.767 bits per heavy atom. The molecule has 0 fully saturated rings. The molecular formula is C51H26B5N3O. The number of hydrogen-bond acceptors (Lipinski definition) is 4. The zero-order valence-corrected chi connectivity index (χ0v) is 32.1. The molecule has 0 saturated heterocycles. The van der Waals surface area contributed by atoms with Crippen LogP contribution >= 0.6 is 0 Å². The van der Waals surface area contributed by atoms with Crippen LogP contribution < -0.4 is 27.3 Å². The third-order valence-electron chi connectivity index (χ3n) is 11.6. The lowest BCUT2D eigenvalue weighted by molar-refractivity contribution is 0.669. The number of nitrogens with zero attached hydrogens (tertiary/aromatic N) is 3. The van der Waals surface area contributed by atoms with Crippen molar-refractivity contribution in [1.82, 2.24) is 15.0 Å². The molecule has 0 unspecified atom stereocenters. The molecule has 11 rings (SSSR count). The molecule has 2 heterocycles. The van der Waals surface area contributed by atoms with Crippen molar-refractivity contribution in [3.05, 3.63) is 158 Å². The second-order valence-electron chi connectivity index (χ2n) is 15.0. The van der Waals surface area contributed by atoms with Crippen LogP contribution in [0.15, 0.2) is 162 Å². The second kappa shape index (κ2) is 14.0. The van der Waals surface area contributed by atoms with E-state index in [9.17, 15) is 0 Å². The highest BCUT2D eigenvalue weighted by molar-refractivity contribution is 6.68. The molecule has 60 heavy (non-hydrogen) atoms. The number of fused-ring (bicyclic) bond motifs is 9. The topological polar surface area (TPSA) is 51.8 Å². The van der Waals surface area contributed by atoms with Crippen molar-refractivity contribution < 1.29 is 4.42 Å². The molecule has 0 atom stereocenters. The van der Waals surface area contributed by atoms with Gasteiger partial charge in [-0.1, -0.05) is 144 Å². The summed E-state index contributed by atoms with van der Waals surface area (Å²) in [6, 6.07) is 54.0. The summed E-state index contributed by atoms with van der Waals surface area (Å²) in [5, 5.41) is 9.41. The van der Waals surface area contributed by atoms with Crippen molar-refractivity contribution in [3.8, 4) is 56.4 Å². The van der Waals surface area contributed by atoms with Crippen LogP contribution in [0.2, 0.25) is 0 Å². The standard InChI is InChI=1S/C51H26B5N3O/c52-43-42(44(53)46(55)47(56)45(43)54)27-17-19-29(20-18-27)50-57-49(28-9-2-1-3-10-28)58-51(59-50)39-16-8-15-38-37-24-22-31(26-41(37)60-48(38)39)30-21-23-36-34-13-5-4-11-32(34)33-12-6-7-14-35(33)40(36)25-30/h1-26H. The summed E-state index contributed by atoms with van der Waals surface area (Å²) >= 11 is 0. The number of hydrogen-bond donors (Lipinski definition) is 0. The van der Waals surface area contributed by atoms with E-state index in [4.69, 9.17) is 58.6 Å². The fourth-order valence-corrected chi connectivity index (χ4v) is 8.53. The molecule has 0 saturated carbocycles. The average molecular weight is 751 g/mol. The van der Waals surface area contributed by atoms with Gasteiger partial charge in [-0.25, -0.2) is 15.0 Å². The Balaban J connectivity index is 1.03. The molecule has 9 aromatic carbocycles. The molecule has 4 nitrogen and oxygen atoms in total. The van der Waals surface area contributed by atoms with E-state index >= 15 is 0 Å². The highest BCUT2D eigenvalue weighted by atomic mass is 16.3. The van der Waals surface area contributed by atoms with E-state index < -0.39 is 0 Å². The van der Waals surface area contributed by atoms with Crippen molar-refractivity contribution in [2.24, 2.45) is 0 Å². The maximum atomic E-state index is 6.77. The Morgan fingerprint density at radius 3 is 1.40 bits per heavy atom. The molecule has 0 aliphatic heterocycles. The molecule has 0 amide bonds. The normalized spacial score (nSPS) is 11.7. The van der Waals surface area contributed by atoms with Gasteiger partial charge in [-0.15, -0.1) is 16.4 Å². The van der Waals surface area contributed by atoms with Crippen LogP contribution in [-0.2, 0) is 0 Å². The minimum Gasteiger partial charge on any atom is -0.455 e. The lowest BCUT2D eigenvalue weighted by Gasteiger charge is -2.21. The monoisotopic (exact) mass is 751 g/mol. The predicted molar refractivity (Wildman–Crippen MR) is 254 cm³/mol. The number of para-hydroxylation sites is 1. The summed E-state index contributed by atoms with van der Waals surface area (Å²) in [7, 11) is 31.2. The van der Waals surface area contributed by atoms with E-state index in [2.05, 4.69) is 91.0 Å². The van der Waals surface area contributed by atoms with Crippen molar-refractivity contribution in [3.63, 3.8) is 0 Å². The Labute approximate surface area is 352 Å². The van der Waals surface area contributed by atoms with Crippen LogP contribution in [0, 0.1) is 0 Å². The summed E-state index contributed by atoms with van der Waals surface area (Å²) in [5.74, 6) is 1.49. The summed E-state index contributed by atoms with van der Waals surface area (Å²) in [6.07, 6.45) is 0. The molecule has 0 aliphatic carbocycles. The first kappa shape index (κ1) is 36.0. The summed E-state index contributed by atoms with van der Waals surface area (Å²) in [6.45, 7) is 0. The van der Waals surface area contributed by atoms with E-state index in [-0.39, 0.29) is 27.3 Å². The van der Waals surface area contributed by atoms with Gasteiger partial charge in [0.2, 0.25) is 0 Å². The molecule has 10 radical (unpaired) electrons. The molecular weight excluding hydrogens is 725 g/mol. The maximum absolute atomic E-state index is 6.77. The van der Waals surface area contributed by atoms with Crippen molar-refractivity contribution in [2.45, 2.75) is 0 Å². The van der Waals surface area contributed by atoms with Gasteiger partial charge in [0, 0.05) is 21.9 Å². The quantitative estimate of drug-likeness (QED) is 0.135. The van der Waals surface area contributed by atoms with Crippen LogP contribution in [0.3, 0.4) is 0 Å². The van der Waals surface area contributed by atoms with Crippen molar-refractivity contribution >= 4 is 121 Å². The van der Waals surface area contributed by atoms with Gasteiger partial charge < -0.3 is 4.42 Å². The van der Waals surface area contributed by atoms with Gasteiger partial charge in [-0.3, -0.25) is 0 Å². The first-order chi connectivity index (χ1) is 29.3. The maximum Gasteiger partial charge on any atom is 0.167 e. The lowest BCUT2D eigenvalue weighted by Crippen LogP contribution is -2.55. The Morgan fingerprint density at radius 1 is 0.317 bits per heavy atom. The van der Waals surface area contributed by atoms with Crippen LogP contribution in [0.4, 0.5) is 0 Å². The zero-order chi connectivity index (χ0) is 40.6. The number of furan rings is 1. The first-order valence-corrected chi connectivity index (χ1v) is 19.6. The third-order valence-corrected chi connectivity index (χ3v) is 11.6. The molecule has 0 spiro atoms. The predicted octanol–water partition coefficient (Wildman–Crippen LogP) is 7.53. The Hall–Kier alpha value is -7.11. The SMILES string of the molecule is [B]c1c([B])c([B])c(-c2ccc(-c3nc(-c4ccccc4)nc(-c4cccc5c4oc4cc(-c6ccc7c8ccccc8c8ccccc8c7c6)ccc45)n3)cc2)c([B])c1[B]. The molecule has 0 bridgehead atoms. The molecule has 0 aliphatic rings. The van der Waals surface area contributed by atoms with Gasteiger partial charge in [0.25, 0.3) is 0 Å². The van der Waals surface area contributed by atoms with Gasteiger partial charge in [-0.05, 0) is 78.8 Å².